The second kappa shape index (κ2) is 7.87. The molecule has 0 aromatic heterocycles. The first-order valence-electron chi connectivity index (χ1n) is 7.45. The Morgan fingerprint density at radius 2 is 1.83 bits per heavy atom. The molecular formula is C15H22N2O5S. The number of ether oxygens (including phenoxy) is 2. The molecule has 1 N–H and O–H groups in total. The highest BCUT2D eigenvalue weighted by Gasteiger charge is 2.18. The number of hydrogen-bond donors (Lipinski definition) is 1. The predicted octanol–water partition coefficient (Wildman–Crippen LogP) is 0.820. The van der Waals surface area contributed by atoms with Crippen LogP contribution in [0, 0.1) is 0 Å². The molecule has 1 aliphatic heterocycles. The largest absolute Gasteiger partial charge is 0.353 e. The maximum absolute atomic E-state index is 12.0. The van der Waals surface area contributed by atoms with E-state index in [9.17, 15) is 13.2 Å². The van der Waals surface area contributed by atoms with Gasteiger partial charge < -0.3 is 14.8 Å². The number of carbonyl (C=O) groups excluding carboxylic acids is 1. The van der Waals surface area contributed by atoms with E-state index in [0.29, 0.717) is 31.7 Å². The topological polar surface area (TPSA) is 84.9 Å². The van der Waals surface area contributed by atoms with E-state index in [-0.39, 0.29) is 17.1 Å². The van der Waals surface area contributed by atoms with Crippen LogP contribution in [-0.2, 0) is 19.5 Å². The molecule has 1 fully saturated rings. The predicted molar refractivity (Wildman–Crippen MR) is 84.6 cm³/mol. The summed E-state index contributed by atoms with van der Waals surface area (Å²) in [6, 6.07) is 5.86. The Balaban J connectivity index is 1.87. The molecule has 128 valence electrons. The third-order valence-corrected chi connectivity index (χ3v) is 5.29. The van der Waals surface area contributed by atoms with Crippen molar-refractivity contribution in [3.8, 4) is 0 Å². The Bertz CT molecular complexity index is 622. The molecule has 1 saturated heterocycles. The quantitative estimate of drug-likeness (QED) is 0.827. The molecule has 1 aromatic rings. The second-order valence-corrected chi connectivity index (χ2v) is 7.53. The molecule has 0 unspecified atom stereocenters. The number of sulfonamides is 1. The summed E-state index contributed by atoms with van der Waals surface area (Å²) in [4.78, 5) is 12.2. The summed E-state index contributed by atoms with van der Waals surface area (Å²) < 4.78 is 35.8. The van der Waals surface area contributed by atoms with Gasteiger partial charge in [-0.1, -0.05) is 0 Å². The molecular weight excluding hydrogens is 320 g/mol. The third kappa shape index (κ3) is 4.74. The lowest BCUT2D eigenvalue weighted by Gasteiger charge is -2.23. The summed E-state index contributed by atoms with van der Waals surface area (Å²) in [5.41, 5.74) is 0.410. The van der Waals surface area contributed by atoms with E-state index in [1.54, 1.807) is 0 Å². The Hall–Kier alpha value is -1.48. The van der Waals surface area contributed by atoms with Crippen molar-refractivity contribution in [2.75, 3.05) is 33.9 Å². The fraction of sp³-hybridized carbons (Fsp3) is 0.533. The van der Waals surface area contributed by atoms with E-state index < -0.39 is 10.0 Å². The van der Waals surface area contributed by atoms with Gasteiger partial charge in [0.25, 0.3) is 5.91 Å². The summed E-state index contributed by atoms with van der Waals surface area (Å²) in [7, 11) is -0.555. The summed E-state index contributed by atoms with van der Waals surface area (Å²) >= 11 is 0. The van der Waals surface area contributed by atoms with Gasteiger partial charge in [0.2, 0.25) is 10.0 Å². The molecule has 23 heavy (non-hydrogen) atoms. The van der Waals surface area contributed by atoms with Gasteiger partial charge in [-0.2, -0.15) is 0 Å². The summed E-state index contributed by atoms with van der Waals surface area (Å²) in [6.45, 7) is 1.79. The van der Waals surface area contributed by atoms with E-state index in [4.69, 9.17) is 9.47 Å². The number of carbonyl (C=O) groups is 1. The van der Waals surface area contributed by atoms with Crippen molar-refractivity contribution in [1.29, 1.82) is 0 Å². The number of rotatable bonds is 6. The minimum Gasteiger partial charge on any atom is -0.353 e. The number of nitrogens with zero attached hydrogens (tertiary/aromatic N) is 1. The van der Waals surface area contributed by atoms with Crippen LogP contribution in [0.5, 0.6) is 0 Å². The fourth-order valence-electron chi connectivity index (χ4n) is 2.10. The molecule has 0 radical (unpaired) electrons. The maximum atomic E-state index is 12.0. The van der Waals surface area contributed by atoms with Crippen molar-refractivity contribution in [3.05, 3.63) is 29.8 Å². The highest BCUT2D eigenvalue weighted by molar-refractivity contribution is 7.89. The number of benzene rings is 1. The number of nitrogens with one attached hydrogen (secondary N) is 1. The lowest BCUT2D eigenvalue weighted by Crippen LogP contribution is -2.31. The normalized spacial score (nSPS) is 16.5. The zero-order chi connectivity index (χ0) is 16.9. The van der Waals surface area contributed by atoms with Gasteiger partial charge in [-0.15, -0.1) is 0 Å². The van der Waals surface area contributed by atoms with Gasteiger partial charge >= 0.3 is 0 Å². The molecule has 1 aliphatic rings. The van der Waals surface area contributed by atoms with Gasteiger partial charge in [0, 0.05) is 32.6 Å². The van der Waals surface area contributed by atoms with Gasteiger partial charge in [0.1, 0.15) is 0 Å². The highest BCUT2D eigenvalue weighted by atomic mass is 32.2. The van der Waals surface area contributed by atoms with Gasteiger partial charge in [-0.3, -0.25) is 4.79 Å². The monoisotopic (exact) mass is 342 g/mol. The molecule has 7 nitrogen and oxygen atoms in total. The Labute approximate surface area is 136 Å². The highest BCUT2D eigenvalue weighted by Crippen LogP contribution is 2.14. The second-order valence-electron chi connectivity index (χ2n) is 5.38. The standard InChI is InChI=1S/C15H22N2O5S/c1-17(2)23(19,20)13-6-4-12(5-7-13)15(18)16-9-8-14-21-10-3-11-22-14/h4-7,14H,3,8-11H2,1-2H3,(H,16,18). The van der Waals surface area contributed by atoms with Crippen LogP contribution in [0.15, 0.2) is 29.2 Å². The molecule has 0 bridgehead atoms. The van der Waals surface area contributed by atoms with E-state index in [2.05, 4.69) is 5.32 Å². The van der Waals surface area contributed by atoms with Crippen LogP contribution in [0.25, 0.3) is 0 Å². The van der Waals surface area contributed by atoms with Gasteiger partial charge in [-0.05, 0) is 30.7 Å². The third-order valence-electron chi connectivity index (χ3n) is 3.46. The first-order chi connectivity index (χ1) is 10.9. The van der Waals surface area contributed by atoms with Crippen LogP contribution < -0.4 is 5.32 Å². The molecule has 2 rings (SSSR count). The Morgan fingerprint density at radius 3 is 2.39 bits per heavy atom. The maximum Gasteiger partial charge on any atom is 0.251 e. The lowest BCUT2D eigenvalue weighted by atomic mass is 10.2. The molecule has 1 amide bonds. The van der Waals surface area contributed by atoms with Crippen LogP contribution in [-0.4, -0.2) is 58.8 Å². The molecule has 1 heterocycles. The average Bonchev–Trinajstić information content (AvgIpc) is 2.55. The Kier molecular flexibility index (Phi) is 6.11. The molecule has 8 heteroatoms. The van der Waals surface area contributed by atoms with Crippen molar-refractivity contribution < 1.29 is 22.7 Å². The zero-order valence-electron chi connectivity index (χ0n) is 13.3. The van der Waals surface area contributed by atoms with Gasteiger partial charge in [0.15, 0.2) is 6.29 Å². The zero-order valence-corrected chi connectivity index (χ0v) is 14.1. The van der Waals surface area contributed by atoms with Crippen molar-refractivity contribution in [3.63, 3.8) is 0 Å². The van der Waals surface area contributed by atoms with Crippen LogP contribution in [0.2, 0.25) is 0 Å². The Morgan fingerprint density at radius 1 is 1.22 bits per heavy atom. The van der Waals surface area contributed by atoms with Crippen LogP contribution in [0.3, 0.4) is 0 Å². The SMILES string of the molecule is CN(C)S(=O)(=O)c1ccc(C(=O)NCCC2OCCCO2)cc1. The molecule has 0 spiro atoms. The van der Waals surface area contributed by atoms with E-state index >= 15 is 0 Å². The lowest BCUT2D eigenvalue weighted by molar-refractivity contribution is -0.180. The summed E-state index contributed by atoms with van der Waals surface area (Å²) in [5.74, 6) is -0.255. The smallest absolute Gasteiger partial charge is 0.251 e. The van der Waals surface area contributed by atoms with Crippen LogP contribution in [0.4, 0.5) is 0 Å². The van der Waals surface area contributed by atoms with Crippen molar-refractivity contribution >= 4 is 15.9 Å². The van der Waals surface area contributed by atoms with Gasteiger partial charge in [-0.25, -0.2) is 12.7 Å². The van der Waals surface area contributed by atoms with E-state index in [1.807, 2.05) is 0 Å². The number of amides is 1. The fourth-order valence-corrected chi connectivity index (χ4v) is 3.00. The van der Waals surface area contributed by atoms with E-state index in [0.717, 1.165) is 10.7 Å². The molecule has 0 aliphatic carbocycles. The van der Waals surface area contributed by atoms with Crippen molar-refractivity contribution in [2.24, 2.45) is 0 Å². The molecule has 0 saturated carbocycles. The van der Waals surface area contributed by atoms with Gasteiger partial charge in [0.05, 0.1) is 18.1 Å². The summed E-state index contributed by atoms with van der Waals surface area (Å²) in [6.07, 6.45) is 1.21. The average molecular weight is 342 g/mol. The molecule has 1 aromatic carbocycles. The minimum absolute atomic E-state index is 0.156. The van der Waals surface area contributed by atoms with Crippen LogP contribution >= 0.6 is 0 Å². The van der Waals surface area contributed by atoms with Crippen molar-refractivity contribution in [1.82, 2.24) is 9.62 Å². The van der Waals surface area contributed by atoms with Crippen molar-refractivity contribution in [2.45, 2.75) is 24.0 Å². The number of hydrogen-bond acceptors (Lipinski definition) is 5. The molecule has 0 atom stereocenters. The van der Waals surface area contributed by atoms with E-state index in [1.165, 1.54) is 38.4 Å². The minimum atomic E-state index is -3.48. The summed E-state index contributed by atoms with van der Waals surface area (Å²) in [5, 5.41) is 2.77. The first-order valence-corrected chi connectivity index (χ1v) is 8.89. The first kappa shape index (κ1) is 17.9. The van der Waals surface area contributed by atoms with Crippen LogP contribution in [0.1, 0.15) is 23.2 Å².